The smallest absolute Gasteiger partial charge is 0.119 e. The van der Waals surface area contributed by atoms with Crippen LogP contribution in [0.3, 0.4) is 0 Å². The summed E-state index contributed by atoms with van der Waals surface area (Å²) in [4.78, 5) is 0. The Kier molecular flexibility index (Phi) is 6.35. The molecule has 0 spiro atoms. The van der Waals surface area contributed by atoms with Crippen molar-refractivity contribution in [1.82, 2.24) is 5.32 Å². The molecule has 4 heteroatoms. The molecule has 2 N–H and O–H groups in total. The van der Waals surface area contributed by atoms with E-state index in [0.29, 0.717) is 12.6 Å². The third-order valence-corrected chi connectivity index (χ3v) is 5.17. The lowest BCUT2D eigenvalue weighted by Crippen LogP contribution is -2.39. The van der Waals surface area contributed by atoms with Crippen LogP contribution in [0, 0.1) is 0 Å². The molecule has 1 heterocycles. The van der Waals surface area contributed by atoms with Crippen molar-refractivity contribution in [3.8, 4) is 5.75 Å². The first-order chi connectivity index (χ1) is 12.2. The lowest BCUT2D eigenvalue weighted by Gasteiger charge is -2.30. The Bertz CT molecular complexity index is 687. The quantitative estimate of drug-likeness (QED) is 0.797. The molecule has 25 heavy (non-hydrogen) atoms. The van der Waals surface area contributed by atoms with Crippen molar-refractivity contribution in [3.63, 3.8) is 0 Å². The zero-order valence-corrected chi connectivity index (χ0v) is 15.4. The molecule has 0 bridgehead atoms. The maximum atomic E-state index is 9.42. The molecule has 0 saturated carbocycles. The zero-order chi connectivity index (χ0) is 17.6. The Morgan fingerprint density at radius 3 is 2.68 bits per heavy atom. The number of hydrogen-bond acceptors (Lipinski definition) is 3. The van der Waals surface area contributed by atoms with Crippen molar-refractivity contribution in [2.75, 3.05) is 13.2 Å². The van der Waals surface area contributed by atoms with E-state index in [4.69, 9.17) is 16.3 Å². The summed E-state index contributed by atoms with van der Waals surface area (Å²) >= 11 is 6.44. The second kappa shape index (κ2) is 8.70. The van der Waals surface area contributed by atoms with Gasteiger partial charge in [-0.25, -0.2) is 0 Å². The van der Waals surface area contributed by atoms with Crippen LogP contribution in [0.1, 0.15) is 48.9 Å². The second-order valence-corrected chi connectivity index (χ2v) is 7.04. The van der Waals surface area contributed by atoms with Gasteiger partial charge in [0.1, 0.15) is 5.75 Å². The Hall–Kier alpha value is -1.55. The van der Waals surface area contributed by atoms with Gasteiger partial charge < -0.3 is 15.2 Å². The molecule has 1 aliphatic heterocycles. The molecule has 2 atom stereocenters. The van der Waals surface area contributed by atoms with Crippen LogP contribution in [0.15, 0.2) is 42.5 Å². The number of rotatable bonds is 6. The van der Waals surface area contributed by atoms with Crippen LogP contribution < -0.4 is 10.1 Å². The van der Waals surface area contributed by atoms with Gasteiger partial charge in [0.05, 0.1) is 13.2 Å². The van der Waals surface area contributed by atoms with Crippen LogP contribution >= 0.6 is 11.6 Å². The maximum Gasteiger partial charge on any atom is 0.119 e. The van der Waals surface area contributed by atoms with Gasteiger partial charge in [-0.3, -0.25) is 0 Å². The van der Waals surface area contributed by atoms with Crippen LogP contribution in [0.25, 0.3) is 0 Å². The first-order valence-corrected chi connectivity index (χ1v) is 9.44. The van der Waals surface area contributed by atoms with E-state index in [1.165, 1.54) is 11.1 Å². The fourth-order valence-corrected chi connectivity index (χ4v) is 3.65. The Morgan fingerprint density at radius 1 is 1.16 bits per heavy atom. The minimum absolute atomic E-state index is 0.198. The summed E-state index contributed by atoms with van der Waals surface area (Å²) in [5.74, 6) is 0.896. The minimum Gasteiger partial charge on any atom is -0.494 e. The summed E-state index contributed by atoms with van der Waals surface area (Å²) in [5, 5.41) is 13.8. The molecule has 0 aliphatic carbocycles. The molecule has 2 unspecified atom stereocenters. The van der Waals surface area contributed by atoms with Gasteiger partial charge in [-0.1, -0.05) is 35.9 Å². The van der Waals surface area contributed by atoms with E-state index in [9.17, 15) is 5.11 Å². The van der Waals surface area contributed by atoms with E-state index in [1.807, 2.05) is 25.1 Å². The highest BCUT2D eigenvalue weighted by atomic mass is 35.5. The second-order valence-electron chi connectivity index (χ2n) is 6.63. The van der Waals surface area contributed by atoms with Crippen LogP contribution in [0.4, 0.5) is 0 Å². The van der Waals surface area contributed by atoms with Crippen molar-refractivity contribution in [3.05, 3.63) is 64.2 Å². The molecule has 0 radical (unpaired) electrons. The predicted octanol–water partition coefficient (Wildman–Crippen LogP) is 4.51. The largest absolute Gasteiger partial charge is 0.494 e. The molecule has 2 aromatic rings. The van der Waals surface area contributed by atoms with Crippen LogP contribution in [0.5, 0.6) is 5.75 Å². The van der Waals surface area contributed by atoms with Gasteiger partial charge >= 0.3 is 0 Å². The fourth-order valence-electron chi connectivity index (χ4n) is 3.46. The third-order valence-electron chi connectivity index (χ3n) is 4.80. The van der Waals surface area contributed by atoms with E-state index in [-0.39, 0.29) is 12.6 Å². The summed E-state index contributed by atoms with van der Waals surface area (Å²) in [6.07, 6.45) is 4.08. The zero-order valence-electron chi connectivity index (χ0n) is 14.7. The van der Waals surface area contributed by atoms with Gasteiger partial charge in [-0.2, -0.15) is 0 Å². The number of piperidine rings is 1. The fraction of sp³-hybridized carbons (Fsp3) is 0.429. The van der Waals surface area contributed by atoms with Gasteiger partial charge in [0.2, 0.25) is 0 Å². The molecule has 134 valence electrons. The van der Waals surface area contributed by atoms with E-state index in [1.54, 1.807) is 0 Å². The molecule has 1 aliphatic rings. The summed E-state index contributed by atoms with van der Waals surface area (Å²) in [6.45, 7) is 2.86. The van der Waals surface area contributed by atoms with Crippen LogP contribution in [0.2, 0.25) is 5.02 Å². The monoisotopic (exact) mass is 359 g/mol. The number of halogens is 1. The van der Waals surface area contributed by atoms with E-state index in [0.717, 1.165) is 42.0 Å². The normalized spacial score (nSPS) is 20.4. The molecular formula is C21H26ClNO2. The number of ether oxygens (including phenoxy) is 1. The third kappa shape index (κ3) is 4.75. The molecule has 1 fully saturated rings. The van der Waals surface area contributed by atoms with Crippen LogP contribution in [-0.2, 0) is 6.42 Å². The summed E-state index contributed by atoms with van der Waals surface area (Å²) in [7, 11) is 0. The van der Waals surface area contributed by atoms with Gasteiger partial charge in [0.15, 0.2) is 0 Å². The number of hydrogen-bond donors (Lipinski definition) is 2. The van der Waals surface area contributed by atoms with Crippen molar-refractivity contribution in [2.24, 2.45) is 0 Å². The molecule has 3 nitrogen and oxygen atoms in total. The van der Waals surface area contributed by atoms with Crippen molar-refractivity contribution in [1.29, 1.82) is 0 Å². The van der Waals surface area contributed by atoms with E-state index < -0.39 is 0 Å². The summed E-state index contributed by atoms with van der Waals surface area (Å²) in [6, 6.07) is 15.0. The molecule has 0 amide bonds. The number of benzene rings is 2. The Morgan fingerprint density at radius 2 is 1.96 bits per heavy atom. The van der Waals surface area contributed by atoms with Gasteiger partial charge in [0, 0.05) is 17.1 Å². The lowest BCUT2D eigenvalue weighted by molar-refractivity contribution is 0.198. The van der Waals surface area contributed by atoms with Gasteiger partial charge in [-0.05, 0) is 67.5 Å². The van der Waals surface area contributed by atoms with Crippen molar-refractivity contribution < 1.29 is 9.84 Å². The SMILES string of the molecule is CCOc1ccc(Cc2cc(C3CCCC(CO)N3)ccc2Cl)cc1. The van der Waals surface area contributed by atoms with Gasteiger partial charge in [-0.15, -0.1) is 0 Å². The number of nitrogens with one attached hydrogen (secondary N) is 1. The molecular weight excluding hydrogens is 334 g/mol. The van der Waals surface area contributed by atoms with E-state index >= 15 is 0 Å². The molecule has 1 saturated heterocycles. The Balaban J connectivity index is 1.75. The lowest BCUT2D eigenvalue weighted by atomic mass is 9.92. The van der Waals surface area contributed by atoms with Crippen molar-refractivity contribution >= 4 is 11.6 Å². The molecule has 2 aromatic carbocycles. The highest BCUT2D eigenvalue weighted by molar-refractivity contribution is 6.31. The summed E-state index contributed by atoms with van der Waals surface area (Å²) < 4.78 is 5.50. The highest BCUT2D eigenvalue weighted by Gasteiger charge is 2.22. The highest BCUT2D eigenvalue weighted by Crippen LogP contribution is 2.29. The van der Waals surface area contributed by atoms with E-state index in [2.05, 4.69) is 29.6 Å². The first-order valence-electron chi connectivity index (χ1n) is 9.06. The molecule has 3 rings (SSSR count). The average Bonchev–Trinajstić information content (AvgIpc) is 2.65. The minimum atomic E-state index is 0.198. The number of aliphatic hydroxyl groups is 1. The molecule has 0 aromatic heterocycles. The standard InChI is InChI=1S/C21H26ClNO2/c1-2-25-19-9-6-15(7-10-19)12-17-13-16(8-11-20(17)22)21-5-3-4-18(14-24)23-21/h6-11,13,18,21,23-24H,2-5,12,14H2,1H3. The Labute approximate surface area is 155 Å². The average molecular weight is 360 g/mol. The van der Waals surface area contributed by atoms with Crippen molar-refractivity contribution in [2.45, 2.75) is 44.7 Å². The number of aliphatic hydroxyl groups excluding tert-OH is 1. The summed E-state index contributed by atoms with van der Waals surface area (Å²) in [5.41, 5.74) is 3.60. The maximum absolute atomic E-state index is 9.42. The van der Waals surface area contributed by atoms with Gasteiger partial charge in [0.25, 0.3) is 0 Å². The predicted molar refractivity (Wildman–Crippen MR) is 102 cm³/mol. The van der Waals surface area contributed by atoms with Crippen LogP contribution in [-0.4, -0.2) is 24.4 Å². The topological polar surface area (TPSA) is 41.5 Å². The first kappa shape index (κ1) is 18.2.